The molecule has 0 radical (unpaired) electrons. The smallest absolute Gasteiger partial charge is 0.307 e. The van der Waals surface area contributed by atoms with E-state index < -0.39 is 23.0 Å². The zero-order valence-electron chi connectivity index (χ0n) is 12.2. The Morgan fingerprint density at radius 1 is 1.64 bits per heavy atom. The topological polar surface area (TPSA) is 108 Å². The van der Waals surface area contributed by atoms with E-state index in [1.807, 2.05) is 4.90 Å². The first kappa shape index (κ1) is 16.7. The normalized spacial score (nSPS) is 23.7. The predicted octanol–water partition coefficient (Wildman–Crippen LogP) is 1.59. The minimum Gasteiger partial charge on any atom is -0.481 e. The molecule has 1 aliphatic heterocycles. The Hall–Kier alpha value is -1.67. The predicted molar refractivity (Wildman–Crippen MR) is 81.1 cm³/mol. The second-order valence-corrected chi connectivity index (χ2v) is 6.00. The first-order valence-corrected chi connectivity index (χ1v) is 7.60. The lowest BCUT2D eigenvalue weighted by Gasteiger charge is -2.34. The summed E-state index contributed by atoms with van der Waals surface area (Å²) >= 11 is 5.86. The van der Waals surface area contributed by atoms with Crippen molar-refractivity contribution in [3.63, 3.8) is 0 Å². The monoisotopic (exact) mass is 330 g/mol. The number of nitrogens with one attached hydrogen (secondary N) is 1. The lowest BCUT2D eigenvalue weighted by molar-refractivity contribution is -0.434. The molecule has 0 aromatic rings. The largest absolute Gasteiger partial charge is 0.481 e. The van der Waals surface area contributed by atoms with Crippen LogP contribution in [-0.4, -0.2) is 44.9 Å². The molecule has 1 heterocycles. The van der Waals surface area contributed by atoms with Gasteiger partial charge in [-0.25, -0.2) is 4.99 Å². The number of halogens is 1. The third kappa shape index (κ3) is 3.75. The third-order valence-corrected chi connectivity index (χ3v) is 4.27. The van der Waals surface area contributed by atoms with Gasteiger partial charge in [0.05, 0.1) is 17.0 Å². The van der Waals surface area contributed by atoms with E-state index in [2.05, 4.69) is 10.3 Å². The van der Waals surface area contributed by atoms with Crippen molar-refractivity contribution in [3.05, 3.63) is 22.0 Å². The van der Waals surface area contributed by atoms with Gasteiger partial charge in [-0.05, 0) is 24.4 Å². The van der Waals surface area contributed by atoms with Gasteiger partial charge in [0, 0.05) is 12.6 Å². The molecule has 0 bridgehead atoms. The van der Waals surface area contributed by atoms with Crippen LogP contribution in [0.3, 0.4) is 0 Å². The molecule has 1 fully saturated rings. The number of hydrogen-bond donors (Lipinski definition) is 2. The molecule has 2 atom stereocenters. The van der Waals surface area contributed by atoms with Crippen LogP contribution in [0.25, 0.3) is 0 Å². The lowest BCUT2D eigenvalue weighted by Crippen LogP contribution is -2.48. The number of amidine groups is 1. The van der Waals surface area contributed by atoms with E-state index >= 15 is 0 Å². The van der Waals surface area contributed by atoms with Crippen molar-refractivity contribution in [1.29, 1.82) is 0 Å². The molecule has 1 aliphatic carbocycles. The summed E-state index contributed by atoms with van der Waals surface area (Å²) < 4.78 is 0. The molecule has 1 saturated carbocycles. The molecule has 2 aliphatic rings. The average molecular weight is 331 g/mol. The maximum Gasteiger partial charge on any atom is 0.307 e. The van der Waals surface area contributed by atoms with Gasteiger partial charge in [0.25, 0.3) is 0 Å². The van der Waals surface area contributed by atoms with E-state index in [1.54, 1.807) is 6.92 Å². The summed E-state index contributed by atoms with van der Waals surface area (Å²) in [5.74, 6) is -1.57. The van der Waals surface area contributed by atoms with Gasteiger partial charge in [-0.15, -0.1) is 0 Å². The van der Waals surface area contributed by atoms with Gasteiger partial charge >= 0.3 is 11.7 Å². The van der Waals surface area contributed by atoms with Crippen molar-refractivity contribution in [2.24, 2.45) is 10.9 Å². The van der Waals surface area contributed by atoms with Crippen LogP contribution >= 0.6 is 11.6 Å². The molecule has 0 aromatic heterocycles. The van der Waals surface area contributed by atoms with Crippen molar-refractivity contribution in [2.45, 2.75) is 44.8 Å². The maximum absolute atomic E-state index is 11.3. The summed E-state index contributed by atoms with van der Waals surface area (Å²) in [5.41, 5.74) is -0.117. The molecule has 22 heavy (non-hydrogen) atoms. The van der Waals surface area contributed by atoms with Gasteiger partial charge < -0.3 is 10.4 Å². The van der Waals surface area contributed by atoms with Gasteiger partial charge in [0.1, 0.15) is 0 Å². The molecule has 2 unspecified atom stereocenters. The second kappa shape index (κ2) is 7.06. The van der Waals surface area contributed by atoms with Crippen LogP contribution in [0.5, 0.6) is 0 Å². The fourth-order valence-corrected chi connectivity index (χ4v) is 3.04. The van der Waals surface area contributed by atoms with Crippen molar-refractivity contribution in [1.82, 2.24) is 10.2 Å². The van der Waals surface area contributed by atoms with E-state index in [0.29, 0.717) is 0 Å². The molecule has 122 valence electrons. The average Bonchev–Trinajstić information content (AvgIpc) is 2.97. The fourth-order valence-electron chi connectivity index (χ4n) is 2.89. The highest BCUT2D eigenvalue weighted by Crippen LogP contribution is 2.29. The van der Waals surface area contributed by atoms with Crippen LogP contribution < -0.4 is 5.32 Å². The van der Waals surface area contributed by atoms with Crippen molar-refractivity contribution in [2.75, 3.05) is 6.54 Å². The van der Waals surface area contributed by atoms with Crippen LogP contribution in [0.15, 0.2) is 16.9 Å². The molecule has 2 rings (SSSR count). The molecule has 2 N–H and O–H groups in total. The number of carbonyl (C=O) groups is 1. The van der Waals surface area contributed by atoms with Crippen LogP contribution in [0.2, 0.25) is 0 Å². The highest BCUT2D eigenvalue weighted by molar-refractivity contribution is 6.64. The first-order valence-electron chi connectivity index (χ1n) is 7.23. The number of aliphatic carboxylic acids is 1. The Kier molecular flexibility index (Phi) is 5.36. The third-order valence-electron chi connectivity index (χ3n) is 4.06. The Bertz CT molecular complexity index is 516. The van der Waals surface area contributed by atoms with Crippen LogP contribution in [-0.2, 0) is 4.79 Å². The molecule has 0 saturated heterocycles. The SMILES string of the molecule is CC(CN(C1CCCC1)C1N=C(Cl)NC=C1[N+](=O)[O-])C(=O)O. The number of hydrogen-bond acceptors (Lipinski definition) is 6. The number of carboxylic acids is 1. The van der Waals surface area contributed by atoms with Crippen LogP contribution in [0, 0.1) is 16.0 Å². The Morgan fingerprint density at radius 2 is 2.27 bits per heavy atom. The molecule has 0 spiro atoms. The summed E-state index contributed by atoms with van der Waals surface area (Å²) in [4.78, 5) is 27.9. The Labute approximate surface area is 133 Å². The lowest BCUT2D eigenvalue weighted by atomic mass is 10.1. The van der Waals surface area contributed by atoms with E-state index in [1.165, 1.54) is 6.20 Å². The molecular formula is C13H19ClN4O4. The van der Waals surface area contributed by atoms with Crippen LogP contribution in [0.1, 0.15) is 32.6 Å². The standard InChI is InChI=1S/C13H19ClN4O4/c1-8(12(19)20)7-17(9-4-2-3-5-9)11-10(18(21)22)6-15-13(14)16-11/h6,8-9,11H,2-5,7H2,1H3,(H,15,16)(H,19,20). The Morgan fingerprint density at radius 3 is 2.82 bits per heavy atom. The van der Waals surface area contributed by atoms with E-state index in [9.17, 15) is 14.9 Å². The van der Waals surface area contributed by atoms with Gasteiger partial charge in [-0.2, -0.15) is 0 Å². The molecule has 8 nitrogen and oxygen atoms in total. The summed E-state index contributed by atoms with van der Waals surface area (Å²) in [6, 6.07) is 0.0847. The number of nitrogens with zero attached hydrogens (tertiary/aromatic N) is 3. The second-order valence-electron chi connectivity index (χ2n) is 5.64. The maximum atomic E-state index is 11.3. The Balaban J connectivity index is 2.28. The van der Waals surface area contributed by atoms with E-state index in [4.69, 9.17) is 16.7 Å². The number of rotatable bonds is 6. The fraction of sp³-hybridized carbons (Fsp3) is 0.692. The van der Waals surface area contributed by atoms with Gasteiger partial charge in [-0.1, -0.05) is 19.8 Å². The first-order chi connectivity index (χ1) is 10.4. The summed E-state index contributed by atoms with van der Waals surface area (Å²) in [6.45, 7) is 1.79. The number of nitro groups is 1. The van der Waals surface area contributed by atoms with Crippen molar-refractivity contribution >= 4 is 22.9 Å². The minimum absolute atomic E-state index is 0.0709. The summed E-state index contributed by atoms with van der Waals surface area (Å²) in [7, 11) is 0. The van der Waals surface area contributed by atoms with Crippen molar-refractivity contribution in [3.8, 4) is 0 Å². The summed E-state index contributed by atoms with van der Waals surface area (Å²) in [5, 5.41) is 23.0. The summed E-state index contributed by atoms with van der Waals surface area (Å²) in [6.07, 6.45) is 4.20. The van der Waals surface area contributed by atoms with E-state index in [0.717, 1.165) is 25.7 Å². The molecule has 9 heteroatoms. The van der Waals surface area contributed by atoms with Crippen LogP contribution in [0.4, 0.5) is 0 Å². The van der Waals surface area contributed by atoms with Crippen molar-refractivity contribution < 1.29 is 14.8 Å². The quantitative estimate of drug-likeness (QED) is 0.435. The van der Waals surface area contributed by atoms with Gasteiger partial charge in [0.2, 0.25) is 0 Å². The zero-order valence-corrected chi connectivity index (χ0v) is 13.0. The number of carboxylic acid groups (broad SMARTS) is 1. The highest BCUT2D eigenvalue weighted by atomic mass is 35.5. The molecule has 0 aromatic carbocycles. The zero-order chi connectivity index (χ0) is 16.3. The van der Waals surface area contributed by atoms with Gasteiger partial charge in [-0.3, -0.25) is 19.8 Å². The highest BCUT2D eigenvalue weighted by Gasteiger charge is 2.39. The van der Waals surface area contributed by atoms with Gasteiger partial charge in [0.15, 0.2) is 11.5 Å². The minimum atomic E-state index is -0.932. The molecular weight excluding hydrogens is 312 g/mol. The molecule has 0 amide bonds. The van der Waals surface area contributed by atoms with E-state index in [-0.39, 0.29) is 23.6 Å². The number of aliphatic imine (C=N–C) groups is 1.